The zero-order valence-electron chi connectivity index (χ0n) is 19.3. The number of fused-ring (bicyclic) bond motifs is 2. The maximum Gasteiger partial charge on any atom is 0.200 e. The number of hydrogen-bond donors (Lipinski definition) is 0. The van der Waals surface area contributed by atoms with E-state index in [1.165, 1.54) is 6.26 Å². The molecule has 0 fully saturated rings. The molecule has 6 nitrogen and oxygen atoms in total. The maximum absolute atomic E-state index is 13.4. The molecule has 0 spiro atoms. The van der Waals surface area contributed by atoms with Crippen molar-refractivity contribution in [1.29, 1.82) is 0 Å². The average molecular weight is 459 g/mol. The Bertz CT molecular complexity index is 1370. The molecule has 0 aliphatic carbocycles. The molecule has 34 heavy (non-hydrogen) atoms. The number of aryl methyl sites for hydroxylation is 1. The van der Waals surface area contributed by atoms with E-state index in [4.69, 9.17) is 23.4 Å². The van der Waals surface area contributed by atoms with Crippen molar-refractivity contribution in [3.05, 3.63) is 82.2 Å². The predicted molar refractivity (Wildman–Crippen MR) is 130 cm³/mol. The number of hydrogen-bond acceptors (Lipinski definition) is 6. The molecule has 1 aromatic heterocycles. The van der Waals surface area contributed by atoms with E-state index in [1.54, 1.807) is 7.11 Å². The van der Waals surface area contributed by atoms with Crippen LogP contribution < -0.4 is 24.4 Å². The summed E-state index contributed by atoms with van der Waals surface area (Å²) in [5, 5.41) is 0.535. The fraction of sp³-hybridized carbons (Fsp3) is 0.250. The Balaban J connectivity index is 1.48. The van der Waals surface area contributed by atoms with Gasteiger partial charge in [-0.25, -0.2) is 0 Å². The van der Waals surface area contributed by atoms with Gasteiger partial charge in [0, 0.05) is 6.07 Å². The molecule has 1 aliphatic rings. The summed E-state index contributed by atoms with van der Waals surface area (Å²) in [5.41, 5.74) is 3.64. The second-order valence-corrected chi connectivity index (χ2v) is 8.18. The summed E-state index contributed by atoms with van der Waals surface area (Å²) in [6.45, 7) is 3.52. The van der Waals surface area contributed by atoms with Gasteiger partial charge in [-0.15, -0.1) is 0 Å². The van der Waals surface area contributed by atoms with E-state index >= 15 is 0 Å². The molecule has 0 saturated heterocycles. The molecule has 0 bridgehead atoms. The first-order chi connectivity index (χ1) is 16.7. The van der Waals surface area contributed by atoms with Crippen LogP contribution in [0.5, 0.6) is 23.0 Å². The van der Waals surface area contributed by atoms with E-state index in [2.05, 4.69) is 6.92 Å². The Hall–Kier alpha value is -3.93. The van der Waals surface area contributed by atoms with Gasteiger partial charge in [0.2, 0.25) is 5.43 Å². The highest BCUT2D eigenvalue weighted by molar-refractivity contribution is 5.84. The summed E-state index contributed by atoms with van der Waals surface area (Å²) in [5.74, 6) is 2.85. The van der Waals surface area contributed by atoms with Gasteiger partial charge in [-0.2, -0.15) is 0 Å². The molecule has 3 aromatic carbocycles. The van der Waals surface area contributed by atoms with E-state index in [0.29, 0.717) is 47.9 Å². The van der Waals surface area contributed by atoms with Crippen molar-refractivity contribution in [3.8, 4) is 34.1 Å². The highest BCUT2D eigenvalue weighted by atomic mass is 16.6. The lowest BCUT2D eigenvalue weighted by Crippen LogP contribution is -2.15. The minimum Gasteiger partial charge on any atom is -0.497 e. The van der Waals surface area contributed by atoms with Crippen LogP contribution in [0.1, 0.15) is 24.5 Å². The molecule has 0 amide bonds. The first kappa shape index (κ1) is 21.9. The Morgan fingerprint density at radius 3 is 2.50 bits per heavy atom. The monoisotopic (exact) mass is 458 g/mol. The van der Waals surface area contributed by atoms with E-state index in [9.17, 15) is 4.79 Å². The van der Waals surface area contributed by atoms with Crippen molar-refractivity contribution in [2.75, 3.05) is 20.3 Å². The Labute approximate surface area is 197 Å². The highest BCUT2D eigenvalue weighted by Crippen LogP contribution is 2.35. The molecular formula is C28H26O6. The van der Waals surface area contributed by atoms with E-state index in [-0.39, 0.29) is 5.43 Å². The van der Waals surface area contributed by atoms with Crippen LogP contribution in [0.3, 0.4) is 0 Å². The van der Waals surface area contributed by atoms with Gasteiger partial charge >= 0.3 is 0 Å². The topological polar surface area (TPSA) is 67.1 Å². The van der Waals surface area contributed by atoms with Crippen molar-refractivity contribution in [1.82, 2.24) is 0 Å². The van der Waals surface area contributed by atoms with Crippen LogP contribution in [0.15, 0.2) is 70.1 Å². The van der Waals surface area contributed by atoms with Crippen LogP contribution in [0.4, 0.5) is 0 Å². The molecule has 0 saturated carbocycles. The number of methoxy groups -OCH3 is 1. The SMILES string of the molecule is CCCc1cc2c(=O)c(-c3ccc4c(c3)OCCO4)coc2cc1OCc1ccc(OC)cc1. The van der Waals surface area contributed by atoms with Crippen LogP contribution in [-0.2, 0) is 13.0 Å². The summed E-state index contributed by atoms with van der Waals surface area (Å²) < 4.78 is 28.5. The minimum atomic E-state index is -0.0861. The van der Waals surface area contributed by atoms with Crippen molar-refractivity contribution < 1.29 is 23.4 Å². The predicted octanol–water partition coefficient (Wildman–Crippen LogP) is 5.77. The summed E-state index contributed by atoms with van der Waals surface area (Å²) in [4.78, 5) is 13.4. The largest absolute Gasteiger partial charge is 0.497 e. The molecule has 0 N–H and O–H groups in total. The molecule has 4 aromatic rings. The van der Waals surface area contributed by atoms with Crippen LogP contribution in [-0.4, -0.2) is 20.3 Å². The first-order valence-corrected chi connectivity index (χ1v) is 11.4. The molecule has 5 rings (SSSR count). The molecule has 0 unspecified atom stereocenters. The summed E-state index contributed by atoms with van der Waals surface area (Å²) in [6, 6.07) is 17.0. The summed E-state index contributed by atoms with van der Waals surface area (Å²) >= 11 is 0. The van der Waals surface area contributed by atoms with Gasteiger partial charge in [-0.3, -0.25) is 4.79 Å². The third kappa shape index (κ3) is 4.31. The Morgan fingerprint density at radius 2 is 1.74 bits per heavy atom. The van der Waals surface area contributed by atoms with Gasteiger partial charge in [-0.1, -0.05) is 31.5 Å². The Kier molecular flexibility index (Phi) is 6.12. The molecule has 174 valence electrons. The first-order valence-electron chi connectivity index (χ1n) is 11.4. The van der Waals surface area contributed by atoms with E-state index in [0.717, 1.165) is 41.0 Å². The van der Waals surface area contributed by atoms with Gasteiger partial charge in [0.25, 0.3) is 0 Å². The third-order valence-electron chi connectivity index (χ3n) is 5.88. The maximum atomic E-state index is 13.4. The van der Waals surface area contributed by atoms with Crippen molar-refractivity contribution in [3.63, 3.8) is 0 Å². The van der Waals surface area contributed by atoms with Crippen LogP contribution in [0.25, 0.3) is 22.1 Å². The van der Waals surface area contributed by atoms with Crippen molar-refractivity contribution >= 4 is 11.0 Å². The van der Waals surface area contributed by atoms with Gasteiger partial charge < -0.3 is 23.4 Å². The highest BCUT2D eigenvalue weighted by Gasteiger charge is 2.17. The zero-order valence-corrected chi connectivity index (χ0v) is 19.3. The number of rotatable bonds is 7. The molecule has 0 radical (unpaired) electrons. The zero-order chi connectivity index (χ0) is 23.5. The Morgan fingerprint density at radius 1 is 0.941 bits per heavy atom. The standard InChI is InChI=1S/C28H26O6/c1-3-4-20-13-22-26(15-25(20)33-16-18-5-8-21(30-2)9-6-18)34-17-23(28(22)29)19-7-10-24-27(14-19)32-12-11-31-24/h5-10,13-15,17H,3-4,11-12,16H2,1-2H3. The quantitative estimate of drug-likeness (QED) is 0.350. The van der Waals surface area contributed by atoms with Gasteiger partial charge in [0.05, 0.1) is 18.1 Å². The van der Waals surface area contributed by atoms with Crippen LogP contribution >= 0.6 is 0 Å². The van der Waals surface area contributed by atoms with Gasteiger partial charge in [0.1, 0.15) is 43.2 Å². The average Bonchev–Trinajstić information content (AvgIpc) is 2.88. The smallest absolute Gasteiger partial charge is 0.200 e. The lowest BCUT2D eigenvalue weighted by Gasteiger charge is -2.18. The molecule has 2 heterocycles. The fourth-order valence-electron chi connectivity index (χ4n) is 4.09. The van der Waals surface area contributed by atoms with Crippen molar-refractivity contribution in [2.45, 2.75) is 26.4 Å². The second kappa shape index (κ2) is 9.51. The lowest BCUT2D eigenvalue weighted by atomic mass is 10.0. The lowest BCUT2D eigenvalue weighted by molar-refractivity contribution is 0.171. The van der Waals surface area contributed by atoms with E-state index < -0.39 is 0 Å². The molecular weight excluding hydrogens is 432 g/mol. The number of benzene rings is 3. The van der Waals surface area contributed by atoms with Crippen molar-refractivity contribution in [2.24, 2.45) is 0 Å². The fourth-order valence-corrected chi connectivity index (χ4v) is 4.09. The normalized spacial score (nSPS) is 12.5. The summed E-state index contributed by atoms with van der Waals surface area (Å²) in [6.07, 6.45) is 3.22. The third-order valence-corrected chi connectivity index (χ3v) is 5.88. The number of ether oxygens (including phenoxy) is 4. The molecule has 1 aliphatic heterocycles. The summed E-state index contributed by atoms with van der Waals surface area (Å²) in [7, 11) is 1.64. The minimum absolute atomic E-state index is 0.0861. The van der Waals surface area contributed by atoms with Crippen LogP contribution in [0.2, 0.25) is 0 Å². The van der Waals surface area contributed by atoms with Gasteiger partial charge in [0.15, 0.2) is 11.5 Å². The molecule has 6 heteroatoms. The van der Waals surface area contributed by atoms with Crippen LogP contribution in [0, 0.1) is 0 Å². The molecule has 0 atom stereocenters. The van der Waals surface area contributed by atoms with E-state index in [1.807, 2.05) is 54.6 Å². The van der Waals surface area contributed by atoms with Gasteiger partial charge in [-0.05, 0) is 53.4 Å². The second-order valence-electron chi connectivity index (χ2n) is 8.18.